The highest BCUT2D eigenvalue weighted by Crippen LogP contribution is 2.30. The molecule has 1 atom stereocenters. The fourth-order valence-corrected chi connectivity index (χ4v) is 3.58. The third-order valence-electron chi connectivity index (χ3n) is 5.57. The number of amides is 4. The minimum atomic E-state index is -1.23. The maximum absolute atomic E-state index is 13.0. The van der Waals surface area contributed by atoms with Crippen molar-refractivity contribution in [2.24, 2.45) is 0 Å². The van der Waals surface area contributed by atoms with Gasteiger partial charge in [-0.05, 0) is 49.6 Å². The topological polar surface area (TPSA) is 79.0 Å². The van der Waals surface area contributed by atoms with Gasteiger partial charge >= 0.3 is 6.03 Å². The molecule has 1 saturated heterocycles. The number of rotatable bonds is 6. The number of hydrogen-bond acceptors (Lipinski definition) is 4. The average Bonchev–Trinajstić information content (AvgIpc) is 2.94. The van der Waals surface area contributed by atoms with Crippen LogP contribution in [0.4, 0.5) is 4.79 Å². The zero-order chi connectivity index (χ0) is 22.1. The van der Waals surface area contributed by atoms with Crippen LogP contribution in [0.2, 0.25) is 0 Å². The van der Waals surface area contributed by atoms with Crippen molar-refractivity contribution >= 4 is 17.8 Å². The quantitative estimate of drug-likeness (QED) is 0.744. The molecule has 0 aliphatic carbocycles. The van der Waals surface area contributed by atoms with E-state index in [0.29, 0.717) is 17.9 Å². The summed E-state index contributed by atoms with van der Waals surface area (Å²) in [5, 5.41) is 2.72. The normalized spacial score (nSPS) is 18.4. The molecule has 0 aromatic heterocycles. The van der Waals surface area contributed by atoms with Crippen LogP contribution in [0.25, 0.3) is 0 Å². The largest absolute Gasteiger partial charge is 0.497 e. The predicted molar refractivity (Wildman–Crippen MR) is 113 cm³/mol. The first kappa shape index (κ1) is 21.4. The smallest absolute Gasteiger partial charge is 0.325 e. The van der Waals surface area contributed by atoms with Gasteiger partial charge in [0.25, 0.3) is 5.91 Å². The monoisotopic (exact) mass is 409 g/mol. The molecule has 7 heteroatoms. The number of carbonyl (C=O) groups excluding carboxylic acids is 3. The van der Waals surface area contributed by atoms with E-state index in [1.54, 1.807) is 45.3 Å². The van der Waals surface area contributed by atoms with E-state index in [1.165, 1.54) is 4.90 Å². The van der Waals surface area contributed by atoms with E-state index in [0.717, 1.165) is 21.6 Å². The van der Waals surface area contributed by atoms with E-state index in [1.807, 2.05) is 26.0 Å². The Morgan fingerprint density at radius 3 is 2.40 bits per heavy atom. The molecule has 0 saturated carbocycles. The molecule has 7 nitrogen and oxygen atoms in total. The van der Waals surface area contributed by atoms with Crippen LogP contribution in [0.5, 0.6) is 5.75 Å². The molecule has 30 heavy (non-hydrogen) atoms. The van der Waals surface area contributed by atoms with Crippen molar-refractivity contribution in [3.8, 4) is 5.75 Å². The second-order valence-electron chi connectivity index (χ2n) is 7.85. The number of likely N-dealkylation sites (N-methyl/N-ethyl adjacent to an activating group) is 1. The van der Waals surface area contributed by atoms with Crippen LogP contribution in [0.15, 0.2) is 42.5 Å². The summed E-state index contributed by atoms with van der Waals surface area (Å²) < 4.78 is 5.14. The first-order valence-electron chi connectivity index (χ1n) is 9.74. The number of carbonyl (C=O) groups is 3. The molecule has 3 rings (SSSR count). The SMILES string of the molecule is COc1ccc([C@@]2(C)NC(=O)N(CC(=O)N(C)Cc3ccc(C)cc3C)C2=O)cc1. The molecular formula is C23H27N3O4. The van der Waals surface area contributed by atoms with Crippen LogP contribution in [0, 0.1) is 13.8 Å². The predicted octanol–water partition coefficient (Wildman–Crippen LogP) is 2.74. The summed E-state index contributed by atoms with van der Waals surface area (Å²) in [6, 6.07) is 12.4. The molecule has 1 N–H and O–H groups in total. The second kappa shape index (κ2) is 8.18. The molecule has 1 aliphatic heterocycles. The maximum Gasteiger partial charge on any atom is 0.325 e. The summed E-state index contributed by atoms with van der Waals surface area (Å²) >= 11 is 0. The molecule has 2 aromatic rings. The summed E-state index contributed by atoms with van der Waals surface area (Å²) in [4.78, 5) is 40.8. The number of nitrogens with one attached hydrogen (secondary N) is 1. The van der Waals surface area contributed by atoms with Gasteiger partial charge in [-0.15, -0.1) is 0 Å². The van der Waals surface area contributed by atoms with Crippen LogP contribution in [0.3, 0.4) is 0 Å². The summed E-state index contributed by atoms with van der Waals surface area (Å²) in [5.74, 6) is -0.109. The summed E-state index contributed by atoms with van der Waals surface area (Å²) in [5.41, 5.74) is 2.67. The van der Waals surface area contributed by atoms with E-state index < -0.39 is 17.5 Å². The van der Waals surface area contributed by atoms with Crippen molar-refractivity contribution in [2.75, 3.05) is 20.7 Å². The number of benzene rings is 2. The van der Waals surface area contributed by atoms with Gasteiger partial charge in [-0.1, -0.05) is 35.9 Å². The number of ether oxygens (including phenoxy) is 1. The van der Waals surface area contributed by atoms with Crippen LogP contribution in [-0.2, 0) is 21.7 Å². The molecule has 0 unspecified atom stereocenters. The number of methoxy groups -OCH3 is 1. The van der Waals surface area contributed by atoms with E-state index in [4.69, 9.17) is 4.74 Å². The first-order valence-corrected chi connectivity index (χ1v) is 9.74. The number of hydrogen-bond donors (Lipinski definition) is 1. The van der Waals surface area contributed by atoms with Crippen LogP contribution >= 0.6 is 0 Å². The highest BCUT2D eigenvalue weighted by molar-refractivity contribution is 6.09. The summed E-state index contributed by atoms with van der Waals surface area (Å²) in [7, 11) is 3.23. The lowest BCUT2D eigenvalue weighted by atomic mass is 9.92. The molecule has 0 bridgehead atoms. The molecule has 0 radical (unpaired) electrons. The minimum absolute atomic E-state index is 0.308. The molecule has 2 aromatic carbocycles. The zero-order valence-electron chi connectivity index (χ0n) is 18.0. The Hall–Kier alpha value is -3.35. The van der Waals surface area contributed by atoms with Crippen molar-refractivity contribution in [1.82, 2.24) is 15.1 Å². The van der Waals surface area contributed by atoms with Gasteiger partial charge in [0.1, 0.15) is 17.8 Å². The Bertz CT molecular complexity index is 986. The van der Waals surface area contributed by atoms with Crippen molar-refractivity contribution in [3.05, 3.63) is 64.7 Å². The molecule has 0 spiro atoms. The molecule has 1 aliphatic rings. The molecule has 1 heterocycles. The zero-order valence-corrected chi connectivity index (χ0v) is 18.0. The number of urea groups is 1. The first-order chi connectivity index (χ1) is 14.2. The fraction of sp³-hybridized carbons (Fsp3) is 0.348. The molecule has 1 fully saturated rings. The third-order valence-corrected chi connectivity index (χ3v) is 5.57. The van der Waals surface area contributed by atoms with Gasteiger partial charge in [0, 0.05) is 13.6 Å². The Kier molecular flexibility index (Phi) is 5.82. The van der Waals surface area contributed by atoms with Crippen molar-refractivity contribution in [3.63, 3.8) is 0 Å². The Labute approximate surface area is 176 Å². The Morgan fingerprint density at radius 1 is 1.13 bits per heavy atom. The third kappa shape index (κ3) is 4.01. The highest BCUT2D eigenvalue weighted by atomic mass is 16.5. The van der Waals surface area contributed by atoms with Gasteiger partial charge in [0.2, 0.25) is 5.91 Å². The Morgan fingerprint density at radius 2 is 1.80 bits per heavy atom. The minimum Gasteiger partial charge on any atom is -0.497 e. The number of nitrogens with zero attached hydrogens (tertiary/aromatic N) is 2. The van der Waals surface area contributed by atoms with Crippen LogP contribution in [-0.4, -0.2) is 48.3 Å². The van der Waals surface area contributed by atoms with Crippen molar-refractivity contribution in [1.29, 1.82) is 0 Å². The second-order valence-corrected chi connectivity index (χ2v) is 7.85. The molecule has 4 amide bonds. The Balaban J connectivity index is 1.71. The van der Waals surface area contributed by atoms with E-state index in [2.05, 4.69) is 11.4 Å². The lowest BCUT2D eigenvalue weighted by molar-refractivity contribution is -0.138. The van der Waals surface area contributed by atoms with Gasteiger partial charge in [0.15, 0.2) is 0 Å². The summed E-state index contributed by atoms with van der Waals surface area (Å²) in [6.45, 7) is 5.75. The van der Waals surface area contributed by atoms with Crippen LogP contribution in [0.1, 0.15) is 29.2 Å². The lowest BCUT2D eigenvalue weighted by Crippen LogP contribution is -2.43. The van der Waals surface area contributed by atoms with Gasteiger partial charge in [0.05, 0.1) is 7.11 Å². The average molecular weight is 409 g/mol. The van der Waals surface area contributed by atoms with Gasteiger partial charge in [-0.3, -0.25) is 14.5 Å². The van der Waals surface area contributed by atoms with Gasteiger partial charge in [-0.2, -0.15) is 0 Å². The fourth-order valence-electron chi connectivity index (χ4n) is 3.58. The van der Waals surface area contributed by atoms with Crippen LogP contribution < -0.4 is 10.1 Å². The van der Waals surface area contributed by atoms with E-state index in [9.17, 15) is 14.4 Å². The van der Waals surface area contributed by atoms with Gasteiger partial charge < -0.3 is 15.0 Å². The van der Waals surface area contributed by atoms with E-state index >= 15 is 0 Å². The number of imide groups is 1. The molecular weight excluding hydrogens is 382 g/mol. The summed E-state index contributed by atoms with van der Waals surface area (Å²) in [6.07, 6.45) is 0. The van der Waals surface area contributed by atoms with Gasteiger partial charge in [-0.25, -0.2) is 4.79 Å². The lowest BCUT2D eigenvalue weighted by Gasteiger charge is -2.24. The molecule has 158 valence electrons. The maximum atomic E-state index is 13.0. The van der Waals surface area contributed by atoms with E-state index in [-0.39, 0.29) is 12.5 Å². The van der Waals surface area contributed by atoms with Crippen molar-refractivity contribution < 1.29 is 19.1 Å². The van der Waals surface area contributed by atoms with Crippen molar-refractivity contribution in [2.45, 2.75) is 32.9 Å². The highest BCUT2D eigenvalue weighted by Gasteiger charge is 2.49. The number of aryl methyl sites for hydroxylation is 2. The standard InChI is InChI=1S/C23H27N3O4/c1-15-6-7-17(16(2)12-15)13-25(4)20(27)14-26-21(28)23(3,24-22(26)29)18-8-10-19(30-5)11-9-18/h6-12H,13-14H2,1-5H3,(H,24,29)/t23-/m1/s1.